The molecule has 6 nitrogen and oxygen atoms in total. The van der Waals surface area contributed by atoms with Crippen LogP contribution in [-0.2, 0) is 9.59 Å². The summed E-state index contributed by atoms with van der Waals surface area (Å²) in [4.78, 5) is 37.4. The van der Waals surface area contributed by atoms with Gasteiger partial charge in [-0.25, -0.2) is 0 Å². The van der Waals surface area contributed by atoms with E-state index in [1.165, 1.54) is 6.92 Å². The molecule has 0 saturated carbocycles. The number of rotatable bonds is 8. The minimum absolute atomic E-state index is 0.0151. The average Bonchev–Trinajstić information content (AvgIpc) is 2.63. The molecule has 2 aromatic carbocycles. The van der Waals surface area contributed by atoms with Crippen LogP contribution in [0.3, 0.4) is 0 Å². The highest BCUT2D eigenvalue weighted by Crippen LogP contribution is 2.19. The molecule has 0 atom stereocenters. The van der Waals surface area contributed by atoms with Crippen LogP contribution in [0.4, 0.5) is 11.4 Å². The first-order valence-corrected chi connectivity index (χ1v) is 9.21. The van der Waals surface area contributed by atoms with Crippen molar-refractivity contribution in [3.8, 4) is 0 Å². The average molecular weight is 381 g/mol. The molecule has 0 unspecified atom stereocenters. The minimum atomic E-state index is -0.141. The lowest BCUT2D eigenvalue weighted by atomic mass is 10.1. The van der Waals surface area contributed by atoms with Gasteiger partial charge in [0.2, 0.25) is 11.8 Å². The Hall–Kier alpha value is -2.99. The summed E-state index contributed by atoms with van der Waals surface area (Å²) in [6.07, 6.45) is 0.266. The molecule has 0 saturated heterocycles. The van der Waals surface area contributed by atoms with Gasteiger partial charge in [0.15, 0.2) is 5.78 Å². The summed E-state index contributed by atoms with van der Waals surface area (Å²) in [5, 5.41) is 5.74. The number of Topliss-reactive ketones (excluding diaryl/α,β-unsaturated/α-hetero) is 1. The Kier molecular flexibility index (Phi) is 7.46. The van der Waals surface area contributed by atoms with Crippen molar-refractivity contribution in [2.75, 3.05) is 30.8 Å². The molecule has 0 aliphatic heterocycles. The van der Waals surface area contributed by atoms with Crippen molar-refractivity contribution in [2.45, 2.75) is 27.2 Å². The van der Waals surface area contributed by atoms with E-state index in [0.29, 0.717) is 17.8 Å². The van der Waals surface area contributed by atoms with Crippen LogP contribution in [-0.4, -0.2) is 42.6 Å². The SMILES string of the molecule is CC(=O)c1ccc(NC(=O)CCN(C)CC(=O)Nc2c(C)cccc2C)cc1. The maximum absolute atomic E-state index is 12.3. The number of para-hydroxylation sites is 1. The lowest BCUT2D eigenvalue weighted by molar-refractivity contribution is -0.119. The fraction of sp³-hybridized carbons (Fsp3) is 0.318. The molecule has 28 heavy (non-hydrogen) atoms. The van der Waals surface area contributed by atoms with Gasteiger partial charge in [-0.15, -0.1) is 0 Å². The van der Waals surface area contributed by atoms with Crippen molar-refractivity contribution in [1.29, 1.82) is 0 Å². The number of hydrogen-bond acceptors (Lipinski definition) is 4. The lowest BCUT2D eigenvalue weighted by Gasteiger charge is -2.17. The summed E-state index contributed by atoms with van der Waals surface area (Å²) in [5.74, 6) is -0.267. The Morgan fingerprint density at radius 2 is 1.50 bits per heavy atom. The number of likely N-dealkylation sites (N-methyl/N-ethyl adjacent to an activating group) is 1. The monoisotopic (exact) mass is 381 g/mol. The Bertz CT molecular complexity index is 840. The molecular formula is C22H27N3O3. The Morgan fingerprint density at radius 3 is 2.07 bits per heavy atom. The molecule has 0 bridgehead atoms. The smallest absolute Gasteiger partial charge is 0.238 e. The number of nitrogens with zero attached hydrogens (tertiary/aromatic N) is 1. The van der Waals surface area contributed by atoms with Gasteiger partial charge in [0.25, 0.3) is 0 Å². The lowest BCUT2D eigenvalue weighted by Crippen LogP contribution is -2.32. The van der Waals surface area contributed by atoms with E-state index in [4.69, 9.17) is 0 Å². The van der Waals surface area contributed by atoms with E-state index in [9.17, 15) is 14.4 Å². The summed E-state index contributed by atoms with van der Waals surface area (Å²) in [6.45, 7) is 6.07. The largest absolute Gasteiger partial charge is 0.326 e. The molecule has 0 aromatic heterocycles. The number of anilines is 2. The molecule has 0 fully saturated rings. The van der Waals surface area contributed by atoms with Crippen LogP contribution in [0, 0.1) is 13.8 Å². The number of benzene rings is 2. The zero-order chi connectivity index (χ0) is 20.7. The van der Waals surface area contributed by atoms with Crippen LogP contribution in [0.15, 0.2) is 42.5 Å². The molecular weight excluding hydrogens is 354 g/mol. The number of carbonyl (C=O) groups excluding carboxylic acids is 3. The van der Waals surface area contributed by atoms with E-state index in [-0.39, 0.29) is 30.6 Å². The molecule has 2 rings (SSSR count). The number of ketones is 1. The Balaban J connectivity index is 1.78. The fourth-order valence-electron chi connectivity index (χ4n) is 2.82. The molecule has 6 heteroatoms. The van der Waals surface area contributed by atoms with Crippen molar-refractivity contribution in [3.05, 3.63) is 59.2 Å². The summed E-state index contributed by atoms with van der Waals surface area (Å²) in [6, 6.07) is 12.6. The summed E-state index contributed by atoms with van der Waals surface area (Å²) in [5.41, 5.74) is 4.13. The molecule has 0 heterocycles. The topological polar surface area (TPSA) is 78.5 Å². The van der Waals surface area contributed by atoms with E-state index in [0.717, 1.165) is 16.8 Å². The predicted molar refractivity (Wildman–Crippen MR) is 112 cm³/mol. The maximum atomic E-state index is 12.3. The number of nitrogens with one attached hydrogen (secondary N) is 2. The fourth-order valence-corrected chi connectivity index (χ4v) is 2.82. The van der Waals surface area contributed by atoms with E-state index < -0.39 is 0 Å². The van der Waals surface area contributed by atoms with Gasteiger partial charge in [-0.1, -0.05) is 18.2 Å². The number of amides is 2. The van der Waals surface area contributed by atoms with Crippen LogP contribution in [0.1, 0.15) is 34.8 Å². The molecule has 0 aliphatic carbocycles. The van der Waals surface area contributed by atoms with Crippen LogP contribution in [0.2, 0.25) is 0 Å². The molecule has 0 aliphatic rings. The van der Waals surface area contributed by atoms with Crippen molar-refractivity contribution in [1.82, 2.24) is 4.90 Å². The van der Waals surface area contributed by atoms with Gasteiger partial charge in [-0.3, -0.25) is 19.3 Å². The van der Waals surface area contributed by atoms with Gasteiger partial charge in [-0.05, 0) is 63.2 Å². The van der Waals surface area contributed by atoms with Crippen molar-refractivity contribution in [2.24, 2.45) is 0 Å². The van der Waals surface area contributed by atoms with Crippen LogP contribution < -0.4 is 10.6 Å². The maximum Gasteiger partial charge on any atom is 0.238 e. The zero-order valence-electron chi connectivity index (χ0n) is 16.8. The standard InChI is InChI=1S/C22H27N3O3/c1-15-6-5-7-16(2)22(15)24-21(28)14-25(4)13-12-20(27)23-19-10-8-18(9-11-19)17(3)26/h5-11H,12-14H2,1-4H3,(H,23,27)(H,24,28). The summed E-state index contributed by atoms with van der Waals surface area (Å²) in [7, 11) is 1.80. The number of carbonyl (C=O) groups is 3. The van der Waals surface area contributed by atoms with Gasteiger partial charge in [0.05, 0.1) is 6.54 Å². The van der Waals surface area contributed by atoms with E-state index in [2.05, 4.69) is 10.6 Å². The molecule has 2 amide bonds. The minimum Gasteiger partial charge on any atom is -0.326 e. The van der Waals surface area contributed by atoms with E-state index in [1.54, 1.807) is 36.2 Å². The van der Waals surface area contributed by atoms with Crippen molar-refractivity contribution >= 4 is 29.0 Å². The second-order valence-electron chi connectivity index (χ2n) is 6.98. The first kappa shape index (κ1) is 21.3. The normalized spacial score (nSPS) is 10.6. The predicted octanol–water partition coefficient (Wildman–Crippen LogP) is 3.41. The van der Waals surface area contributed by atoms with Gasteiger partial charge >= 0.3 is 0 Å². The highest BCUT2D eigenvalue weighted by atomic mass is 16.2. The van der Waals surface area contributed by atoms with Crippen LogP contribution >= 0.6 is 0 Å². The van der Waals surface area contributed by atoms with Crippen LogP contribution in [0.25, 0.3) is 0 Å². The van der Waals surface area contributed by atoms with E-state index in [1.807, 2.05) is 32.0 Å². The molecule has 148 valence electrons. The third kappa shape index (κ3) is 6.32. The van der Waals surface area contributed by atoms with Gasteiger partial charge in [0.1, 0.15) is 0 Å². The first-order chi connectivity index (χ1) is 13.3. The molecule has 2 aromatic rings. The highest BCUT2D eigenvalue weighted by molar-refractivity contribution is 5.96. The zero-order valence-corrected chi connectivity index (χ0v) is 16.8. The molecule has 0 radical (unpaired) electrons. The van der Waals surface area contributed by atoms with Crippen molar-refractivity contribution in [3.63, 3.8) is 0 Å². The second kappa shape index (κ2) is 9.80. The molecule has 0 spiro atoms. The van der Waals surface area contributed by atoms with Gasteiger partial charge in [0, 0.05) is 29.9 Å². The van der Waals surface area contributed by atoms with Gasteiger partial charge < -0.3 is 10.6 Å². The third-order valence-electron chi connectivity index (χ3n) is 4.45. The Morgan fingerprint density at radius 1 is 0.893 bits per heavy atom. The molecule has 2 N–H and O–H groups in total. The second-order valence-corrected chi connectivity index (χ2v) is 6.98. The first-order valence-electron chi connectivity index (χ1n) is 9.21. The van der Waals surface area contributed by atoms with E-state index >= 15 is 0 Å². The third-order valence-corrected chi connectivity index (χ3v) is 4.45. The number of aryl methyl sites for hydroxylation is 2. The van der Waals surface area contributed by atoms with Gasteiger partial charge in [-0.2, -0.15) is 0 Å². The summed E-state index contributed by atoms with van der Waals surface area (Å²) < 4.78 is 0. The summed E-state index contributed by atoms with van der Waals surface area (Å²) >= 11 is 0. The van der Waals surface area contributed by atoms with Crippen molar-refractivity contribution < 1.29 is 14.4 Å². The van der Waals surface area contributed by atoms with Crippen LogP contribution in [0.5, 0.6) is 0 Å². The quantitative estimate of drug-likeness (QED) is 0.687. The number of hydrogen-bond donors (Lipinski definition) is 2. The highest BCUT2D eigenvalue weighted by Gasteiger charge is 2.11. The Labute approximate surface area is 165 Å².